The maximum atomic E-state index is 12.1. The van der Waals surface area contributed by atoms with E-state index in [4.69, 9.17) is 14.2 Å². The minimum Gasteiger partial charge on any atom is -0.497 e. The maximum Gasteiger partial charge on any atom is 0.259 e. The van der Waals surface area contributed by atoms with Crippen molar-refractivity contribution in [2.24, 2.45) is 0 Å². The standard InChI is InChI=1S/C17H15NO5/c1-21-12-5-3-11(4-6-12)18-15(16(19)17(18)20)10-2-7-13-14(8-10)23-9-22-13/h2-8,15-16,19H,9H2,1H3. The molecule has 0 radical (unpaired) electrons. The van der Waals surface area contributed by atoms with Crippen LogP contribution in [0.2, 0.25) is 0 Å². The highest BCUT2D eigenvalue weighted by Gasteiger charge is 2.48. The van der Waals surface area contributed by atoms with E-state index in [0.717, 1.165) is 5.56 Å². The largest absolute Gasteiger partial charge is 0.497 e. The minimum atomic E-state index is -1.06. The molecule has 1 saturated heterocycles. The topological polar surface area (TPSA) is 68.2 Å². The second-order valence-corrected chi connectivity index (χ2v) is 5.41. The highest BCUT2D eigenvalue weighted by Crippen LogP contribution is 2.42. The Morgan fingerprint density at radius 1 is 1.13 bits per heavy atom. The third-order valence-electron chi connectivity index (χ3n) is 4.16. The molecule has 118 valence electrons. The van der Waals surface area contributed by atoms with E-state index in [0.29, 0.717) is 22.9 Å². The number of fused-ring (bicyclic) bond motifs is 1. The molecular weight excluding hydrogens is 298 g/mol. The number of aliphatic hydroxyl groups excluding tert-OH is 1. The van der Waals surface area contributed by atoms with Crippen molar-refractivity contribution in [1.82, 2.24) is 0 Å². The fraction of sp³-hybridized carbons (Fsp3) is 0.235. The average Bonchev–Trinajstić information content (AvgIpc) is 3.06. The van der Waals surface area contributed by atoms with Crippen molar-refractivity contribution in [3.63, 3.8) is 0 Å². The Kier molecular flexibility index (Phi) is 3.12. The Labute approximate surface area is 132 Å². The smallest absolute Gasteiger partial charge is 0.259 e. The van der Waals surface area contributed by atoms with Gasteiger partial charge >= 0.3 is 0 Å². The van der Waals surface area contributed by atoms with E-state index < -0.39 is 12.1 Å². The van der Waals surface area contributed by atoms with Gasteiger partial charge in [0.25, 0.3) is 5.91 Å². The van der Waals surface area contributed by atoms with E-state index in [9.17, 15) is 9.90 Å². The van der Waals surface area contributed by atoms with Gasteiger partial charge in [0.15, 0.2) is 17.6 Å². The molecule has 2 atom stereocenters. The molecule has 1 fully saturated rings. The van der Waals surface area contributed by atoms with Gasteiger partial charge in [0.1, 0.15) is 5.75 Å². The van der Waals surface area contributed by atoms with E-state index in [2.05, 4.69) is 0 Å². The third-order valence-corrected chi connectivity index (χ3v) is 4.16. The van der Waals surface area contributed by atoms with Crippen molar-refractivity contribution in [3.05, 3.63) is 48.0 Å². The third kappa shape index (κ3) is 2.10. The second-order valence-electron chi connectivity index (χ2n) is 5.41. The van der Waals surface area contributed by atoms with Crippen molar-refractivity contribution in [2.75, 3.05) is 18.8 Å². The molecule has 2 aromatic rings. The lowest BCUT2D eigenvalue weighted by molar-refractivity contribution is -0.137. The lowest BCUT2D eigenvalue weighted by Crippen LogP contribution is -2.59. The van der Waals surface area contributed by atoms with Crippen LogP contribution in [-0.2, 0) is 4.79 Å². The Hall–Kier alpha value is -2.73. The van der Waals surface area contributed by atoms with Crippen LogP contribution in [0.1, 0.15) is 11.6 Å². The highest BCUT2D eigenvalue weighted by molar-refractivity contribution is 6.05. The normalized spacial score (nSPS) is 22.0. The van der Waals surface area contributed by atoms with Crippen LogP contribution in [0.25, 0.3) is 0 Å². The average molecular weight is 313 g/mol. The summed E-state index contributed by atoms with van der Waals surface area (Å²) < 4.78 is 15.8. The van der Waals surface area contributed by atoms with Crippen LogP contribution in [0.3, 0.4) is 0 Å². The summed E-state index contributed by atoms with van der Waals surface area (Å²) in [6, 6.07) is 12.1. The second kappa shape index (κ2) is 5.17. The molecule has 0 aromatic heterocycles. The van der Waals surface area contributed by atoms with Crippen molar-refractivity contribution >= 4 is 11.6 Å². The number of benzene rings is 2. The van der Waals surface area contributed by atoms with Crippen LogP contribution < -0.4 is 19.1 Å². The van der Waals surface area contributed by atoms with Gasteiger partial charge < -0.3 is 19.3 Å². The summed E-state index contributed by atoms with van der Waals surface area (Å²) in [5.74, 6) is 1.69. The van der Waals surface area contributed by atoms with Crippen molar-refractivity contribution in [1.29, 1.82) is 0 Å². The van der Waals surface area contributed by atoms with Crippen molar-refractivity contribution in [3.8, 4) is 17.2 Å². The number of amides is 1. The van der Waals surface area contributed by atoms with Gasteiger partial charge in [-0.1, -0.05) is 6.07 Å². The predicted octanol–water partition coefficient (Wildman–Crippen LogP) is 1.87. The number of rotatable bonds is 3. The number of ether oxygens (including phenoxy) is 3. The van der Waals surface area contributed by atoms with E-state index in [1.54, 1.807) is 48.4 Å². The fourth-order valence-corrected chi connectivity index (χ4v) is 2.93. The maximum absolute atomic E-state index is 12.1. The molecule has 6 nitrogen and oxygen atoms in total. The molecule has 23 heavy (non-hydrogen) atoms. The molecule has 4 rings (SSSR count). The Morgan fingerprint density at radius 3 is 2.61 bits per heavy atom. The van der Waals surface area contributed by atoms with Crippen molar-refractivity contribution in [2.45, 2.75) is 12.1 Å². The number of nitrogens with zero attached hydrogens (tertiary/aromatic N) is 1. The Balaban J connectivity index is 1.67. The molecule has 0 saturated carbocycles. The molecule has 2 aromatic carbocycles. The molecular formula is C17H15NO5. The van der Waals surface area contributed by atoms with E-state index in [-0.39, 0.29) is 12.7 Å². The first-order valence-electron chi connectivity index (χ1n) is 7.24. The first kappa shape index (κ1) is 13.9. The molecule has 0 aliphatic carbocycles. The summed E-state index contributed by atoms with van der Waals surface area (Å²) in [4.78, 5) is 13.7. The first-order chi connectivity index (χ1) is 11.2. The number of carbonyl (C=O) groups excluding carboxylic acids is 1. The van der Waals surface area contributed by atoms with Crippen LogP contribution in [0, 0.1) is 0 Å². The van der Waals surface area contributed by atoms with Gasteiger partial charge in [-0.05, 0) is 42.0 Å². The van der Waals surface area contributed by atoms with Crippen LogP contribution in [0.15, 0.2) is 42.5 Å². The van der Waals surface area contributed by atoms with Crippen LogP contribution in [0.4, 0.5) is 5.69 Å². The molecule has 2 aliphatic rings. The molecule has 0 bridgehead atoms. The number of anilines is 1. The lowest BCUT2D eigenvalue weighted by Gasteiger charge is -2.44. The molecule has 1 amide bonds. The summed E-state index contributed by atoms with van der Waals surface area (Å²) in [5, 5.41) is 10.1. The summed E-state index contributed by atoms with van der Waals surface area (Å²) in [7, 11) is 1.59. The Morgan fingerprint density at radius 2 is 1.87 bits per heavy atom. The van der Waals surface area contributed by atoms with E-state index in [1.165, 1.54) is 0 Å². The van der Waals surface area contributed by atoms with Gasteiger partial charge in [-0.3, -0.25) is 9.69 Å². The monoisotopic (exact) mass is 313 g/mol. The number of hydrogen-bond donors (Lipinski definition) is 1. The Bertz CT molecular complexity index is 758. The highest BCUT2D eigenvalue weighted by atomic mass is 16.7. The zero-order chi connectivity index (χ0) is 16.0. The minimum absolute atomic E-state index is 0.188. The van der Waals surface area contributed by atoms with Gasteiger partial charge in [0, 0.05) is 5.69 Å². The van der Waals surface area contributed by atoms with Crippen LogP contribution in [0.5, 0.6) is 17.2 Å². The summed E-state index contributed by atoms with van der Waals surface area (Å²) >= 11 is 0. The van der Waals surface area contributed by atoms with Crippen LogP contribution >= 0.6 is 0 Å². The van der Waals surface area contributed by atoms with Gasteiger partial charge in [-0.2, -0.15) is 0 Å². The molecule has 0 spiro atoms. The van der Waals surface area contributed by atoms with Crippen LogP contribution in [-0.4, -0.2) is 31.0 Å². The zero-order valence-electron chi connectivity index (χ0n) is 12.4. The number of carbonyl (C=O) groups is 1. The molecule has 6 heteroatoms. The van der Waals surface area contributed by atoms with Gasteiger partial charge in [0.05, 0.1) is 13.2 Å². The summed E-state index contributed by atoms with van der Waals surface area (Å²) in [6.45, 7) is 0.188. The number of β-lactam (4-membered cyclic amide) rings is 1. The first-order valence-corrected chi connectivity index (χ1v) is 7.24. The zero-order valence-corrected chi connectivity index (χ0v) is 12.4. The van der Waals surface area contributed by atoms with Gasteiger partial charge in [-0.15, -0.1) is 0 Å². The predicted molar refractivity (Wildman–Crippen MR) is 81.8 cm³/mol. The van der Waals surface area contributed by atoms with E-state index >= 15 is 0 Å². The summed E-state index contributed by atoms with van der Waals surface area (Å²) in [6.07, 6.45) is -1.06. The lowest BCUT2D eigenvalue weighted by atomic mass is 9.89. The van der Waals surface area contributed by atoms with Gasteiger partial charge in [0.2, 0.25) is 6.79 Å². The SMILES string of the molecule is COc1ccc(N2C(=O)C(O)C2c2ccc3c(c2)OCO3)cc1. The van der Waals surface area contributed by atoms with Gasteiger partial charge in [-0.25, -0.2) is 0 Å². The molecule has 2 aliphatic heterocycles. The number of aliphatic hydroxyl groups is 1. The van der Waals surface area contributed by atoms with Crippen molar-refractivity contribution < 1.29 is 24.1 Å². The molecule has 2 heterocycles. The molecule has 1 N–H and O–H groups in total. The molecule has 2 unspecified atom stereocenters. The number of hydrogen-bond acceptors (Lipinski definition) is 5. The summed E-state index contributed by atoms with van der Waals surface area (Å²) in [5.41, 5.74) is 1.51. The van der Waals surface area contributed by atoms with E-state index in [1.807, 2.05) is 6.07 Å². The fourth-order valence-electron chi connectivity index (χ4n) is 2.93. The number of methoxy groups -OCH3 is 1. The quantitative estimate of drug-likeness (QED) is 0.876.